The molecule has 0 aromatic heterocycles. The number of rotatable bonds is 3. The molecule has 9 heavy (non-hydrogen) atoms. The van der Waals surface area contributed by atoms with Crippen LogP contribution < -0.4 is 10.9 Å². The number of carbonyl (C=O) groups is 2. The maximum atomic E-state index is 10.4. The molecule has 2 amide bonds. The summed E-state index contributed by atoms with van der Waals surface area (Å²) in [6, 6.07) is 0. The molecule has 50 valence electrons. The number of hydrogen-bond acceptors (Lipinski definition) is 2. The molecule has 4 heteroatoms. The van der Waals surface area contributed by atoms with E-state index < -0.39 is 0 Å². The van der Waals surface area contributed by atoms with Crippen LogP contribution in [-0.2, 0) is 9.59 Å². The fourth-order valence-electron chi connectivity index (χ4n) is 0.294. The lowest BCUT2D eigenvalue weighted by Gasteiger charge is -1.94. The van der Waals surface area contributed by atoms with Crippen LogP contribution in [0.5, 0.6) is 0 Å². The third kappa shape index (κ3) is 4.53. The minimum absolute atomic E-state index is 0.343. The highest BCUT2D eigenvalue weighted by atomic mass is 16.2. The van der Waals surface area contributed by atoms with E-state index >= 15 is 0 Å². The van der Waals surface area contributed by atoms with E-state index in [2.05, 4.69) is 5.43 Å². The quantitative estimate of drug-likeness (QED) is 0.301. The molecule has 2 N–H and O–H groups in total. The van der Waals surface area contributed by atoms with Gasteiger partial charge in [0.1, 0.15) is 0 Å². The summed E-state index contributed by atoms with van der Waals surface area (Å²) in [6.07, 6.45) is 3.26. The summed E-state index contributed by atoms with van der Waals surface area (Å²) in [7, 11) is 0. The Morgan fingerprint density at radius 2 is 2.22 bits per heavy atom. The molecular formula is C5H8N2O2. The van der Waals surface area contributed by atoms with Gasteiger partial charge in [-0.3, -0.25) is 20.4 Å². The van der Waals surface area contributed by atoms with E-state index in [4.69, 9.17) is 0 Å². The average molecular weight is 128 g/mol. The van der Waals surface area contributed by atoms with E-state index in [9.17, 15) is 9.59 Å². The van der Waals surface area contributed by atoms with Gasteiger partial charge in [-0.15, -0.1) is 0 Å². The Balaban J connectivity index is 3.38. The first-order valence-corrected chi connectivity index (χ1v) is 2.43. The van der Waals surface area contributed by atoms with E-state index in [0.29, 0.717) is 6.41 Å². The second-order valence-electron chi connectivity index (χ2n) is 1.25. The summed E-state index contributed by atoms with van der Waals surface area (Å²) < 4.78 is 0. The van der Waals surface area contributed by atoms with Crippen LogP contribution >= 0.6 is 0 Å². The van der Waals surface area contributed by atoms with Gasteiger partial charge >= 0.3 is 0 Å². The first-order valence-electron chi connectivity index (χ1n) is 2.43. The van der Waals surface area contributed by atoms with Crippen LogP contribution in [0.3, 0.4) is 0 Å². The van der Waals surface area contributed by atoms with Crippen molar-refractivity contribution in [2.45, 2.75) is 6.92 Å². The number of hydrogen-bond donors (Lipinski definition) is 2. The Morgan fingerprint density at radius 1 is 1.56 bits per heavy atom. The Morgan fingerprint density at radius 3 is 2.67 bits per heavy atom. The summed E-state index contributed by atoms with van der Waals surface area (Å²) >= 11 is 0. The van der Waals surface area contributed by atoms with E-state index in [-0.39, 0.29) is 5.91 Å². The van der Waals surface area contributed by atoms with Gasteiger partial charge in [0, 0.05) is 6.08 Å². The average Bonchev–Trinajstić information content (AvgIpc) is 1.85. The fourth-order valence-corrected chi connectivity index (χ4v) is 0.294. The first-order chi connectivity index (χ1) is 4.31. The Hall–Kier alpha value is -1.32. The maximum absolute atomic E-state index is 10.4. The minimum Gasteiger partial charge on any atom is -0.277 e. The molecule has 0 fully saturated rings. The molecule has 0 rings (SSSR count). The van der Waals surface area contributed by atoms with Crippen LogP contribution in [0.25, 0.3) is 0 Å². The molecular weight excluding hydrogens is 120 g/mol. The lowest BCUT2D eigenvalue weighted by atomic mass is 10.5. The minimum atomic E-state index is -0.343. The molecule has 0 saturated carbocycles. The van der Waals surface area contributed by atoms with Gasteiger partial charge in [-0.05, 0) is 6.92 Å². The predicted molar refractivity (Wildman–Crippen MR) is 32.2 cm³/mol. The summed E-state index contributed by atoms with van der Waals surface area (Å²) in [5.41, 5.74) is 4.09. The van der Waals surface area contributed by atoms with Crippen LogP contribution in [-0.4, -0.2) is 12.3 Å². The molecule has 0 aliphatic carbocycles. The topological polar surface area (TPSA) is 58.2 Å². The van der Waals surface area contributed by atoms with Crippen molar-refractivity contribution in [3.05, 3.63) is 12.2 Å². The molecule has 0 heterocycles. The molecule has 0 spiro atoms. The van der Waals surface area contributed by atoms with Crippen molar-refractivity contribution >= 4 is 12.3 Å². The molecule has 0 unspecified atom stereocenters. The van der Waals surface area contributed by atoms with Gasteiger partial charge in [0.15, 0.2) is 0 Å². The van der Waals surface area contributed by atoms with Gasteiger partial charge in [0.05, 0.1) is 0 Å². The summed E-state index contributed by atoms with van der Waals surface area (Å²) in [6.45, 7) is 1.71. The number of amides is 2. The summed E-state index contributed by atoms with van der Waals surface area (Å²) in [5.74, 6) is -0.343. The molecule has 4 nitrogen and oxygen atoms in total. The molecule has 0 atom stereocenters. The second kappa shape index (κ2) is 4.83. The number of hydrazine groups is 1. The first kappa shape index (κ1) is 7.68. The SMILES string of the molecule is C/C=C/C(=O)NNC=O. The highest BCUT2D eigenvalue weighted by molar-refractivity contribution is 5.87. The van der Waals surface area contributed by atoms with Gasteiger partial charge in [-0.2, -0.15) is 0 Å². The van der Waals surface area contributed by atoms with Crippen molar-refractivity contribution in [2.24, 2.45) is 0 Å². The largest absolute Gasteiger partial charge is 0.277 e. The third-order valence-corrected chi connectivity index (χ3v) is 0.572. The molecule has 0 bridgehead atoms. The third-order valence-electron chi connectivity index (χ3n) is 0.572. The van der Waals surface area contributed by atoms with E-state index in [1.54, 1.807) is 13.0 Å². The molecule has 0 aliphatic heterocycles. The Kier molecular flexibility index (Phi) is 4.12. The fraction of sp³-hybridized carbons (Fsp3) is 0.200. The van der Waals surface area contributed by atoms with Crippen LogP contribution in [0.2, 0.25) is 0 Å². The highest BCUT2D eigenvalue weighted by Gasteiger charge is 1.87. The van der Waals surface area contributed by atoms with Crippen molar-refractivity contribution in [1.82, 2.24) is 10.9 Å². The Labute approximate surface area is 52.9 Å². The van der Waals surface area contributed by atoms with Crippen molar-refractivity contribution < 1.29 is 9.59 Å². The van der Waals surface area contributed by atoms with Crippen molar-refractivity contribution in [1.29, 1.82) is 0 Å². The van der Waals surface area contributed by atoms with Crippen molar-refractivity contribution in [3.63, 3.8) is 0 Å². The smallest absolute Gasteiger partial charge is 0.262 e. The van der Waals surface area contributed by atoms with Crippen LogP contribution in [0.1, 0.15) is 6.92 Å². The van der Waals surface area contributed by atoms with E-state index in [1.165, 1.54) is 6.08 Å². The van der Waals surface area contributed by atoms with Crippen LogP contribution in [0.4, 0.5) is 0 Å². The van der Waals surface area contributed by atoms with Gasteiger partial charge < -0.3 is 0 Å². The highest BCUT2D eigenvalue weighted by Crippen LogP contribution is 1.66. The number of carbonyl (C=O) groups excluding carboxylic acids is 2. The van der Waals surface area contributed by atoms with E-state index in [0.717, 1.165) is 0 Å². The predicted octanol–water partition coefficient (Wildman–Crippen LogP) is -0.660. The lowest BCUT2D eigenvalue weighted by Crippen LogP contribution is -2.34. The van der Waals surface area contributed by atoms with Crippen molar-refractivity contribution in [2.75, 3.05) is 0 Å². The molecule has 0 aliphatic rings. The van der Waals surface area contributed by atoms with Crippen LogP contribution in [0.15, 0.2) is 12.2 Å². The lowest BCUT2D eigenvalue weighted by molar-refractivity contribution is -0.120. The Bertz CT molecular complexity index is 131. The molecule has 0 aromatic rings. The monoisotopic (exact) mass is 128 g/mol. The number of nitrogens with one attached hydrogen (secondary N) is 2. The van der Waals surface area contributed by atoms with Crippen LogP contribution in [0, 0.1) is 0 Å². The molecule has 0 saturated heterocycles. The maximum Gasteiger partial charge on any atom is 0.262 e. The number of allylic oxidation sites excluding steroid dienone is 1. The standard InChI is InChI=1S/C5H8N2O2/c1-2-3-5(9)7-6-4-8/h2-4H,1H3,(H,6,8)(H,7,9)/b3-2+. The zero-order chi connectivity index (χ0) is 7.11. The van der Waals surface area contributed by atoms with Gasteiger partial charge in [-0.25, -0.2) is 0 Å². The summed E-state index contributed by atoms with van der Waals surface area (Å²) in [5, 5.41) is 0. The molecule has 0 radical (unpaired) electrons. The summed E-state index contributed by atoms with van der Waals surface area (Å²) in [4.78, 5) is 19.9. The van der Waals surface area contributed by atoms with Gasteiger partial charge in [0.2, 0.25) is 6.41 Å². The van der Waals surface area contributed by atoms with Gasteiger partial charge in [-0.1, -0.05) is 6.08 Å². The second-order valence-corrected chi connectivity index (χ2v) is 1.25. The zero-order valence-corrected chi connectivity index (χ0v) is 5.05. The van der Waals surface area contributed by atoms with E-state index in [1.807, 2.05) is 5.43 Å². The zero-order valence-electron chi connectivity index (χ0n) is 5.05. The van der Waals surface area contributed by atoms with Crippen molar-refractivity contribution in [3.8, 4) is 0 Å². The molecule has 0 aromatic carbocycles. The normalized spacial score (nSPS) is 9.00. The van der Waals surface area contributed by atoms with Gasteiger partial charge in [0.25, 0.3) is 5.91 Å².